The molecule has 0 radical (unpaired) electrons. The van der Waals surface area contributed by atoms with E-state index in [9.17, 15) is 29.1 Å². The van der Waals surface area contributed by atoms with Crippen LogP contribution in [0, 0.1) is 5.92 Å². The lowest BCUT2D eigenvalue weighted by atomic mass is 10.0. The van der Waals surface area contributed by atoms with E-state index in [1.807, 2.05) is 13.8 Å². The molecule has 208 valence electrons. The summed E-state index contributed by atoms with van der Waals surface area (Å²) in [6.45, 7) is 4.10. The predicted molar refractivity (Wildman–Crippen MR) is 134 cm³/mol. The number of primary amides is 1. The first kappa shape index (κ1) is 31.5. The number of rotatable bonds is 18. The van der Waals surface area contributed by atoms with Gasteiger partial charge in [0.25, 0.3) is 0 Å². The van der Waals surface area contributed by atoms with Crippen LogP contribution in [-0.4, -0.2) is 75.4 Å². The summed E-state index contributed by atoms with van der Waals surface area (Å²) in [5.74, 6) is -3.78. The number of aromatic nitrogens is 2. The maximum absolute atomic E-state index is 13.2. The Kier molecular flexibility index (Phi) is 13.9. The fourth-order valence-electron chi connectivity index (χ4n) is 3.53. The molecule has 14 heteroatoms. The van der Waals surface area contributed by atoms with Crippen LogP contribution >= 0.6 is 0 Å². The number of hydrogen-bond acceptors (Lipinski definition) is 8. The molecule has 0 aromatic carbocycles. The number of unbranched alkanes of at least 4 members (excludes halogenated alkanes) is 1. The lowest BCUT2D eigenvalue weighted by Crippen LogP contribution is -2.57. The molecule has 37 heavy (non-hydrogen) atoms. The van der Waals surface area contributed by atoms with Crippen LogP contribution in [0.1, 0.15) is 58.1 Å². The molecule has 0 aliphatic heterocycles. The van der Waals surface area contributed by atoms with Crippen molar-refractivity contribution in [3.8, 4) is 0 Å². The lowest BCUT2D eigenvalue weighted by molar-refractivity contribution is -0.142. The standard InChI is InChI=1S/C23H40N8O6/c1-13(2)9-17(22(35)31-18(23(36)37)10-14-11-27-12-28-14)30-21(34)16(5-3-4-8-24)29-20(33)15(25)6-7-19(26)32/h11-13,15-18H,3-10,24-25H2,1-2H3,(H2,26,32)(H,27,28)(H,29,33)(H,30,34)(H,31,35)(H,36,37). The summed E-state index contributed by atoms with van der Waals surface area (Å²) < 4.78 is 0. The average molecular weight is 525 g/mol. The summed E-state index contributed by atoms with van der Waals surface area (Å²) in [6.07, 6.45) is 4.37. The zero-order valence-corrected chi connectivity index (χ0v) is 21.4. The molecule has 0 saturated carbocycles. The second kappa shape index (κ2) is 16.3. The number of amides is 4. The molecule has 1 rings (SSSR count). The molecule has 4 amide bonds. The number of H-pyrrole nitrogens is 1. The highest BCUT2D eigenvalue weighted by molar-refractivity contribution is 5.94. The van der Waals surface area contributed by atoms with Gasteiger partial charge in [-0.2, -0.15) is 0 Å². The van der Waals surface area contributed by atoms with Crippen LogP contribution in [0.4, 0.5) is 0 Å². The van der Waals surface area contributed by atoms with Gasteiger partial charge in [0.1, 0.15) is 18.1 Å². The molecule has 11 N–H and O–H groups in total. The fourth-order valence-corrected chi connectivity index (χ4v) is 3.53. The van der Waals surface area contributed by atoms with Crippen molar-refractivity contribution in [1.82, 2.24) is 25.9 Å². The number of carbonyl (C=O) groups is 5. The summed E-state index contributed by atoms with van der Waals surface area (Å²) in [6, 6.07) is -4.36. The summed E-state index contributed by atoms with van der Waals surface area (Å²) in [5, 5.41) is 17.3. The van der Waals surface area contributed by atoms with Crippen LogP contribution < -0.4 is 33.2 Å². The van der Waals surface area contributed by atoms with E-state index in [1.165, 1.54) is 12.5 Å². The van der Waals surface area contributed by atoms with Crippen molar-refractivity contribution in [2.24, 2.45) is 23.1 Å². The molecule has 4 unspecified atom stereocenters. The van der Waals surface area contributed by atoms with Crippen molar-refractivity contribution in [1.29, 1.82) is 0 Å². The zero-order chi connectivity index (χ0) is 28.0. The summed E-state index contributed by atoms with van der Waals surface area (Å²) in [4.78, 5) is 68.1. The Labute approximate surface area is 215 Å². The van der Waals surface area contributed by atoms with E-state index >= 15 is 0 Å². The molecule has 14 nitrogen and oxygen atoms in total. The molecule has 0 spiro atoms. The molecule has 1 heterocycles. The molecule has 1 aromatic rings. The number of carboxylic acid groups (broad SMARTS) is 1. The maximum Gasteiger partial charge on any atom is 0.326 e. The minimum Gasteiger partial charge on any atom is -0.480 e. The first-order valence-electron chi connectivity index (χ1n) is 12.3. The minimum absolute atomic E-state index is 0.0144. The molecule has 0 bridgehead atoms. The number of aliphatic carboxylic acids is 1. The van der Waals surface area contributed by atoms with Crippen molar-refractivity contribution in [2.45, 2.75) is 83.0 Å². The van der Waals surface area contributed by atoms with Gasteiger partial charge in [-0.15, -0.1) is 0 Å². The predicted octanol–water partition coefficient (Wildman–Crippen LogP) is -1.74. The highest BCUT2D eigenvalue weighted by atomic mass is 16.4. The molecule has 0 saturated heterocycles. The Hall–Kier alpha value is -3.52. The molecule has 1 aromatic heterocycles. The highest BCUT2D eigenvalue weighted by Crippen LogP contribution is 2.09. The Balaban J connectivity index is 2.96. The van der Waals surface area contributed by atoms with E-state index in [0.29, 0.717) is 25.1 Å². The Bertz CT molecular complexity index is 892. The van der Waals surface area contributed by atoms with Gasteiger partial charge in [-0.1, -0.05) is 13.8 Å². The first-order chi connectivity index (χ1) is 17.4. The number of nitrogens with one attached hydrogen (secondary N) is 4. The van der Waals surface area contributed by atoms with Gasteiger partial charge in [-0.25, -0.2) is 9.78 Å². The minimum atomic E-state index is -1.25. The lowest BCUT2D eigenvalue weighted by Gasteiger charge is -2.26. The Morgan fingerprint density at radius 2 is 1.59 bits per heavy atom. The normalized spacial score (nSPS) is 14.3. The van der Waals surface area contributed by atoms with Crippen molar-refractivity contribution >= 4 is 29.6 Å². The van der Waals surface area contributed by atoms with Gasteiger partial charge in [0.05, 0.1) is 12.4 Å². The van der Waals surface area contributed by atoms with Gasteiger partial charge in [0, 0.05) is 24.7 Å². The van der Waals surface area contributed by atoms with Crippen LogP contribution in [0.5, 0.6) is 0 Å². The number of nitrogens with zero attached hydrogens (tertiary/aromatic N) is 1. The van der Waals surface area contributed by atoms with Gasteiger partial charge in [-0.3, -0.25) is 19.2 Å². The number of nitrogens with two attached hydrogens (primary N) is 3. The number of carbonyl (C=O) groups excluding carboxylic acids is 4. The van der Waals surface area contributed by atoms with Crippen molar-refractivity contribution in [3.63, 3.8) is 0 Å². The van der Waals surface area contributed by atoms with E-state index in [1.54, 1.807) is 0 Å². The number of imidazole rings is 1. The topological polar surface area (TPSA) is 248 Å². The summed E-state index contributed by atoms with van der Waals surface area (Å²) >= 11 is 0. The van der Waals surface area contributed by atoms with Crippen molar-refractivity contribution in [2.75, 3.05) is 6.54 Å². The smallest absolute Gasteiger partial charge is 0.326 e. The number of aromatic amines is 1. The first-order valence-corrected chi connectivity index (χ1v) is 12.3. The quantitative estimate of drug-likeness (QED) is 0.101. The largest absolute Gasteiger partial charge is 0.480 e. The van der Waals surface area contributed by atoms with Crippen LogP contribution in [0.25, 0.3) is 0 Å². The second-order valence-corrected chi connectivity index (χ2v) is 9.33. The van der Waals surface area contributed by atoms with Gasteiger partial charge in [-0.05, 0) is 44.6 Å². The SMILES string of the molecule is CC(C)CC(NC(=O)C(CCCCN)NC(=O)C(N)CCC(N)=O)C(=O)NC(Cc1cnc[nH]1)C(=O)O. The average Bonchev–Trinajstić information content (AvgIpc) is 3.33. The Morgan fingerprint density at radius 3 is 2.14 bits per heavy atom. The van der Waals surface area contributed by atoms with Crippen molar-refractivity contribution < 1.29 is 29.1 Å². The summed E-state index contributed by atoms with van der Waals surface area (Å²) in [5.41, 5.74) is 17.0. The Morgan fingerprint density at radius 1 is 0.973 bits per heavy atom. The fraction of sp³-hybridized carbons (Fsp3) is 0.652. The van der Waals surface area contributed by atoms with Gasteiger partial charge < -0.3 is 43.2 Å². The third-order valence-corrected chi connectivity index (χ3v) is 5.55. The zero-order valence-electron chi connectivity index (χ0n) is 21.4. The van der Waals surface area contributed by atoms with Crippen LogP contribution in [0.3, 0.4) is 0 Å². The molecular weight excluding hydrogens is 484 g/mol. The van der Waals surface area contributed by atoms with E-state index in [0.717, 1.165) is 0 Å². The second-order valence-electron chi connectivity index (χ2n) is 9.33. The molecular formula is C23H40N8O6. The van der Waals surface area contributed by atoms with Crippen LogP contribution in [-0.2, 0) is 30.4 Å². The maximum atomic E-state index is 13.2. The molecule has 0 aliphatic carbocycles. The van der Waals surface area contributed by atoms with E-state index in [2.05, 4.69) is 25.9 Å². The monoisotopic (exact) mass is 524 g/mol. The van der Waals surface area contributed by atoms with Gasteiger partial charge >= 0.3 is 5.97 Å². The third kappa shape index (κ3) is 12.3. The summed E-state index contributed by atoms with van der Waals surface area (Å²) in [7, 11) is 0. The van der Waals surface area contributed by atoms with Crippen LogP contribution in [0.2, 0.25) is 0 Å². The van der Waals surface area contributed by atoms with E-state index in [-0.39, 0.29) is 38.0 Å². The highest BCUT2D eigenvalue weighted by Gasteiger charge is 2.31. The van der Waals surface area contributed by atoms with Gasteiger partial charge in [0.2, 0.25) is 23.6 Å². The molecule has 4 atom stereocenters. The third-order valence-electron chi connectivity index (χ3n) is 5.55. The van der Waals surface area contributed by atoms with E-state index < -0.39 is 53.8 Å². The molecule has 0 fully saturated rings. The molecule has 0 aliphatic rings. The van der Waals surface area contributed by atoms with E-state index in [4.69, 9.17) is 17.2 Å². The van der Waals surface area contributed by atoms with Crippen molar-refractivity contribution in [3.05, 3.63) is 18.2 Å². The van der Waals surface area contributed by atoms with Gasteiger partial charge in [0.15, 0.2) is 0 Å². The van der Waals surface area contributed by atoms with Crippen LogP contribution in [0.15, 0.2) is 12.5 Å². The number of carboxylic acids is 1. The number of hydrogen-bond donors (Lipinski definition) is 8.